The van der Waals surface area contributed by atoms with E-state index in [9.17, 15) is 4.79 Å². The number of nitrogens with zero attached hydrogens (tertiary/aromatic N) is 1. The van der Waals surface area contributed by atoms with Crippen LogP contribution in [-0.2, 0) is 6.61 Å². The highest BCUT2D eigenvalue weighted by Crippen LogP contribution is 2.44. The van der Waals surface area contributed by atoms with E-state index in [4.69, 9.17) is 4.74 Å². The number of anilines is 1. The minimum absolute atomic E-state index is 0.00994. The van der Waals surface area contributed by atoms with Crippen molar-refractivity contribution >= 4 is 22.9 Å². The van der Waals surface area contributed by atoms with Crippen LogP contribution in [0.1, 0.15) is 20.8 Å². The van der Waals surface area contributed by atoms with Crippen molar-refractivity contribution in [2.24, 2.45) is 0 Å². The Morgan fingerprint density at radius 3 is 2.71 bits per heavy atom. The normalized spacial score (nSPS) is 12.1. The van der Waals surface area contributed by atoms with Gasteiger partial charge in [-0.05, 0) is 36.8 Å². The summed E-state index contributed by atoms with van der Waals surface area (Å²) in [5.74, 6) is 0.912. The maximum absolute atomic E-state index is 12.9. The van der Waals surface area contributed by atoms with Crippen molar-refractivity contribution in [1.82, 2.24) is 0 Å². The monoisotopic (exact) mass is 335 g/mol. The van der Waals surface area contributed by atoms with Gasteiger partial charge >= 0.3 is 0 Å². The maximum atomic E-state index is 12.9. The molecule has 1 aliphatic heterocycles. The average molecular weight is 335 g/mol. The van der Waals surface area contributed by atoms with E-state index >= 15 is 0 Å². The second-order valence-corrected chi connectivity index (χ2v) is 6.95. The van der Waals surface area contributed by atoms with Crippen LogP contribution in [0.3, 0.4) is 0 Å². The molecule has 0 aliphatic carbocycles. The van der Waals surface area contributed by atoms with Gasteiger partial charge in [-0.15, -0.1) is 11.3 Å². The molecule has 1 aromatic heterocycles. The van der Waals surface area contributed by atoms with Crippen molar-refractivity contribution in [2.45, 2.75) is 13.5 Å². The van der Waals surface area contributed by atoms with Crippen molar-refractivity contribution in [3.63, 3.8) is 0 Å². The zero-order chi connectivity index (χ0) is 16.7. The predicted molar refractivity (Wildman–Crippen MR) is 98.0 cm³/mol. The van der Waals surface area contributed by atoms with Gasteiger partial charge in [0.05, 0.1) is 4.88 Å². The van der Waals surface area contributed by atoms with E-state index in [2.05, 4.69) is 13.0 Å². The Morgan fingerprint density at radius 1 is 1.12 bits per heavy atom. The summed E-state index contributed by atoms with van der Waals surface area (Å²) in [6, 6.07) is 17.7. The van der Waals surface area contributed by atoms with E-state index < -0.39 is 0 Å². The third-order valence-corrected chi connectivity index (χ3v) is 5.50. The number of carbonyl (C=O) groups excluding carboxylic acids is 1. The second-order valence-electron chi connectivity index (χ2n) is 5.90. The van der Waals surface area contributed by atoms with Gasteiger partial charge in [0.2, 0.25) is 0 Å². The van der Waals surface area contributed by atoms with E-state index in [1.807, 2.05) is 55.6 Å². The molecule has 0 spiro atoms. The van der Waals surface area contributed by atoms with Crippen LogP contribution < -0.4 is 9.64 Å². The highest BCUT2D eigenvalue weighted by Gasteiger charge is 2.25. The lowest BCUT2D eigenvalue weighted by Crippen LogP contribution is -2.25. The molecule has 4 rings (SSSR count). The number of amides is 1. The van der Waals surface area contributed by atoms with Gasteiger partial charge in [0.15, 0.2) is 0 Å². The minimum atomic E-state index is 0.00994. The van der Waals surface area contributed by atoms with Crippen molar-refractivity contribution in [3.8, 4) is 16.2 Å². The highest BCUT2D eigenvalue weighted by atomic mass is 32.1. The standard InChI is InChI=1S/C20H17NO2S/c1-13-7-6-10-16-18(13)19-14(12-23-16)11-17(24-19)20(22)21(2)15-8-4-3-5-9-15/h3-11H,12H2,1-2H3. The fourth-order valence-electron chi connectivity index (χ4n) is 2.99. The van der Waals surface area contributed by atoms with Crippen LogP contribution in [0, 0.1) is 6.92 Å². The van der Waals surface area contributed by atoms with Gasteiger partial charge in [0.1, 0.15) is 12.4 Å². The van der Waals surface area contributed by atoms with Gasteiger partial charge in [0, 0.05) is 28.7 Å². The topological polar surface area (TPSA) is 29.5 Å². The molecule has 3 aromatic rings. The second kappa shape index (κ2) is 5.80. The smallest absolute Gasteiger partial charge is 0.268 e. The molecule has 0 saturated heterocycles. The van der Waals surface area contributed by atoms with Crippen molar-refractivity contribution in [1.29, 1.82) is 0 Å². The Bertz CT molecular complexity index is 915. The molecule has 1 aliphatic rings. The lowest BCUT2D eigenvalue weighted by atomic mass is 10.0. The first-order valence-electron chi connectivity index (χ1n) is 7.84. The van der Waals surface area contributed by atoms with Crippen molar-refractivity contribution in [2.75, 3.05) is 11.9 Å². The number of fused-ring (bicyclic) bond motifs is 3. The molecule has 0 N–H and O–H groups in total. The van der Waals surface area contributed by atoms with Crippen molar-refractivity contribution < 1.29 is 9.53 Å². The minimum Gasteiger partial charge on any atom is -0.488 e. The molecule has 4 heteroatoms. The highest BCUT2D eigenvalue weighted by molar-refractivity contribution is 7.17. The van der Waals surface area contributed by atoms with Crippen LogP contribution in [0.5, 0.6) is 5.75 Å². The Balaban J connectivity index is 1.73. The molecule has 120 valence electrons. The first-order chi connectivity index (χ1) is 11.6. The predicted octanol–water partition coefficient (Wildman–Crippen LogP) is 4.89. The quantitative estimate of drug-likeness (QED) is 0.667. The zero-order valence-electron chi connectivity index (χ0n) is 13.6. The van der Waals surface area contributed by atoms with Gasteiger partial charge in [-0.1, -0.05) is 30.3 Å². The molecule has 3 nitrogen and oxygen atoms in total. The number of para-hydroxylation sites is 1. The molecule has 2 aromatic carbocycles. The van der Waals surface area contributed by atoms with Gasteiger partial charge in [-0.3, -0.25) is 4.79 Å². The molecule has 0 saturated carbocycles. The fourth-order valence-corrected chi connectivity index (χ4v) is 4.25. The van der Waals surface area contributed by atoms with Crippen molar-refractivity contribution in [3.05, 3.63) is 70.6 Å². The molecular formula is C20H17NO2S. The van der Waals surface area contributed by atoms with E-state index in [1.165, 1.54) is 5.56 Å². The summed E-state index contributed by atoms with van der Waals surface area (Å²) in [5, 5.41) is 0. The summed E-state index contributed by atoms with van der Waals surface area (Å²) in [5.41, 5.74) is 4.27. The Kier molecular flexibility index (Phi) is 3.62. The van der Waals surface area contributed by atoms with Crippen LogP contribution in [0.15, 0.2) is 54.6 Å². The van der Waals surface area contributed by atoms with Crippen LogP contribution in [0.2, 0.25) is 0 Å². The van der Waals surface area contributed by atoms with E-state index in [1.54, 1.807) is 16.2 Å². The molecule has 0 bridgehead atoms. The molecule has 1 amide bonds. The fraction of sp³-hybridized carbons (Fsp3) is 0.150. The average Bonchev–Trinajstić information content (AvgIpc) is 3.05. The molecule has 0 fully saturated rings. The van der Waals surface area contributed by atoms with E-state index in [0.29, 0.717) is 6.61 Å². The molecule has 0 unspecified atom stereocenters. The number of thiophene rings is 1. The van der Waals surface area contributed by atoms with Gasteiger partial charge in [-0.2, -0.15) is 0 Å². The number of ether oxygens (including phenoxy) is 1. The summed E-state index contributed by atoms with van der Waals surface area (Å²) >= 11 is 1.55. The first-order valence-corrected chi connectivity index (χ1v) is 8.65. The lowest BCUT2D eigenvalue weighted by molar-refractivity contribution is 0.0997. The zero-order valence-corrected chi connectivity index (χ0v) is 14.4. The number of hydrogen-bond acceptors (Lipinski definition) is 3. The van der Waals surface area contributed by atoms with Gasteiger partial charge < -0.3 is 9.64 Å². The molecular weight excluding hydrogens is 318 g/mol. The number of rotatable bonds is 2. The molecule has 0 radical (unpaired) electrons. The molecule has 2 heterocycles. The summed E-state index contributed by atoms with van der Waals surface area (Å²) in [7, 11) is 1.81. The number of benzene rings is 2. The number of carbonyl (C=O) groups is 1. The molecule has 0 atom stereocenters. The van der Waals surface area contributed by atoms with Crippen LogP contribution >= 0.6 is 11.3 Å². The Hall–Kier alpha value is -2.59. The van der Waals surface area contributed by atoms with Crippen LogP contribution in [0.4, 0.5) is 5.69 Å². The summed E-state index contributed by atoms with van der Waals surface area (Å²) in [4.78, 5) is 16.4. The summed E-state index contributed by atoms with van der Waals surface area (Å²) in [6.45, 7) is 2.60. The van der Waals surface area contributed by atoms with Gasteiger partial charge in [0.25, 0.3) is 5.91 Å². The Morgan fingerprint density at radius 2 is 1.92 bits per heavy atom. The third kappa shape index (κ3) is 2.39. The third-order valence-electron chi connectivity index (χ3n) is 4.31. The number of hydrogen-bond donors (Lipinski definition) is 0. The Labute approximate surface area is 145 Å². The summed E-state index contributed by atoms with van der Waals surface area (Å²) < 4.78 is 5.85. The van der Waals surface area contributed by atoms with E-state index in [0.717, 1.165) is 32.3 Å². The molecule has 24 heavy (non-hydrogen) atoms. The SMILES string of the molecule is Cc1cccc2c1-c1sc(C(=O)N(C)c3ccccc3)cc1CO2. The van der Waals surface area contributed by atoms with Crippen LogP contribution in [-0.4, -0.2) is 13.0 Å². The lowest BCUT2D eigenvalue weighted by Gasteiger charge is -2.19. The van der Waals surface area contributed by atoms with Crippen LogP contribution in [0.25, 0.3) is 10.4 Å². The van der Waals surface area contributed by atoms with E-state index in [-0.39, 0.29) is 5.91 Å². The van der Waals surface area contributed by atoms with Gasteiger partial charge in [-0.25, -0.2) is 0 Å². The maximum Gasteiger partial charge on any atom is 0.268 e. The largest absolute Gasteiger partial charge is 0.488 e. The summed E-state index contributed by atoms with van der Waals surface area (Å²) in [6.07, 6.45) is 0. The first kappa shape index (κ1) is 15.0. The number of aryl methyl sites for hydroxylation is 1.